The van der Waals surface area contributed by atoms with E-state index in [1.54, 1.807) is 24.4 Å². The van der Waals surface area contributed by atoms with Crippen LogP contribution in [0.15, 0.2) is 85.1 Å². The number of rotatable bonds is 6. The first kappa shape index (κ1) is 18.9. The molecule has 0 fully saturated rings. The van der Waals surface area contributed by atoms with Crippen LogP contribution in [0.1, 0.15) is 0 Å². The molecule has 0 atom stereocenters. The maximum absolute atomic E-state index is 14.1. The number of hydrogen-bond acceptors (Lipinski definition) is 4. The standard InChI is InChI=1S/C21H15F2N2O3P/c22-16-9-1-3-12-19(16)27-29(26,28-20-13-4-2-10-17(20)23)25-18-11-5-7-15-8-6-14-24-21(15)18/h1-14H,(H,25,26). The fourth-order valence-corrected chi connectivity index (χ4v) is 4.12. The van der Waals surface area contributed by atoms with Crippen LogP contribution in [0.4, 0.5) is 14.5 Å². The van der Waals surface area contributed by atoms with Crippen molar-refractivity contribution in [1.82, 2.24) is 4.98 Å². The Balaban J connectivity index is 1.76. The zero-order valence-electron chi connectivity index (χ0n) is 15.0. The molecular formula is C21H15F2N2O3P. The van der Waals surface area contributed by atoms with Crippen LogP contribution in [0.5, 0.6) is 11.5 Å². The SMILES string of the molecule is O=P(Nc1cccc2cccnc12)(Oc1ccccc1F)Oc1ccccc1F. The fraction of sp³-hybridized carbons (Fsp3) is 0. The summed E-state index contributed by atoms with van der Waals surface area (Å²) in [5.41, 5.74) is 0.837. The van der Waals surface area contributed by atoms with Gasteiger partial charge in [-0.1, -0.05) is 42.5 Å². The van der Waals surface area contributed by atoms with E-state index in [1.807, 2.05) is 12.1 Å². The Morgan fingerprint density at radius 3 is 1.97 bits per heavy atom. The van der Waals surface area contributed by atoms with Gasteiger partial charge in [0, 0.05) is 11.6 Å². The molecule has 0 aliphatic heterocycles. The quantitative estimate of drug-likeness (QED) is 0.383. The van der Waals surface area contributed by atoms with Crippen molar-refractivity contribution < 1.29 is 22.4 Å². The van der Waals surface area contributed by atoms with Gasteiger partial charge < -0.3 is 9.05 Å². The molecule has 0 saturated carbocycles. The molecule has 4 aromatic rings. The van der Waals surface area contributed by atoms with E-state index in [2.05, 4.69) is 10.1 Å². The maximum atomic E-state index is 14.1. The largest absolute Gasteiger partial charge is 0.541 e. The number of benzene rings is 3. The van der Waals surface area contributed by atoms with Gasteiger partial charge >= 0.3 is 7.75 Å². The monoisotopic (exact) mass is 412 g/mol. The summed E-state index contributed by atoms with van der Waals surface area (Å²) in [6.07, 6.45) is 1.58. The smallest absolute Gasteiger partial charge is 0.397 e. The summed E-state index contributed by atoms with van der Waals surface area (Å²) < 4.78 is 52.6. The van der Waals surface area contributed by atoms with Crippen molar-refractivity contribution in [3.63, 3.8) is 0 Å². The van der Waals surface area contributed by atoms with Crippen molar-refractivity contribution in [3.05, 3.63) is 96.7 Å². The number of hydrogen-bond donors (Lipinski definition) is 1. The summed E-state index contributed by atoms with van der Waals surface area (Å²) in [4.78, 5) is 4.27. The average molecular weight is 412 g/mol. The zero-order valence-corrected chi connectivity index (χ0v) is 15.9. The third kappa shape index (κ3) is 4.20. The minimum absolute atomic E-state index is 0.298. The predicted molar refractivity (Wildman–Crippen MR) is 107 cm³/mol. The van der Waals surface area contributed by atoms with Crippen LogP contribution >= 0.6 is 7.75 Å². The van der Waals surface area contributed by atoms with Crippen molar-refractivity contribution in [2.75, 3.05) is 5.09 Å². The maximum Gasteiger partial charge on any atom is 0.541 e. The third-order valence-electron chi connectivity index (χ3n) is 4.00. The molecule has 4 rings (SSSR count). The van der Waals surface area contributed by atoms with E-state index in [1.165, 1.54) is 36.4 Å². The van der Waals surface area contributed by atoms with Crippen LogP contribution in [-0.4, -0.2) is 4.98 Å². The van der Waals surface area contributed by atoms with E-state index in [4.69, 9.17) is 9.05 Å². The van der Waals surface area contributed by atoms with Crippen molar-refractivity contribution in [1.29, 1.82) is 0 Å². The highest BCUT2D eigenvalue weighted by Gasteiger charge is 2.32. The number of para-hydroxylation sites is 3. The first-order valence-electron chi connectivity index (χ1n) is 8.64. The Morgan fingerprint density at radius 2 is 1.34 bits per heavy atom. The first-order valence-corrected chi connectivity index (χ1v) is 10.2. The van der Waals surface area contributed by atoms with Crippen LogP contribution in [0, 0.1) is 11.6 Å². The lowest BCUT2D eigenvalue weighted by molar-refractivity contribution is 0.373. The van der Waals surface area contributed by atoms with Gasteiger partial charge in [-0.05, 0) is 36.4 Å². The second-order valence-corrected chi connectivity index (χ2v) is 7.62. The van der Waals surface area contributed by atoms with Gasteiger partial charge in [-0.3, -0.25) is 10.1 Å². The van der Waals surface area contributed by atoms with Gasteiger partial charge in [0.05, 0.1) is 11.2 Å². The molecule has 3 aromatic carbocycles. The van der Waals surface area contributed by atoms with E-state index in [0.717, 1.165) is 17.5 Å². The van der Waals surface area contributed by atoms with Gasteiger partial charge in [-0.15, -0.1) is 0 Å². The van der Waals surface area contributed by atoms with Crippen molar-refractivity contribution >= 4 is 24.3 Å². The topological polar surface area (TPSA) is 60.5 Å². The molecule has 1 N–H and O–H groups in total. The summed E-state index contributed by atoms with van der Waals surface area (Å²) in [7, 11) is -4.31. The Kier molecular flexibility index (Phi) is 5.14. The number of halogens is 2. The summed E-state index contributed by atoms with van der Waals surface area (Å²) in [5, 5.41) is 3.44. The van der Waals surface area contributed by atoms with Gasteiger partial charge in [-0.25, -0.2) is 13.3 Å². The second kappa shape index (κ2) is 7.89. The molecule has 0 aliphatic carbocycles. The molecule has 1 aromatic heterocycles. The molecule has 5 nitrogen and oxygen atoms in total. The summed E-state index contributed by atoms with van der Waals surface area (Å²) >= 11 is 0. The highest BCUT2D eigenvalue weighted by atomic mass is 31.2. The molecule has 0 bridgehead atoms. The third-order valence-corrected chi connectivity index (χ3v) is 5.39. The number of anilines is 1. The molecule has 146 valence electrons. The molecule has 0 radical (unpaired) electrons. The molecule has 0 amide bonds. The Hall–Kier alpha value is -3.44. The summed E-state index contributed by atoms with van der Waals surface area (Å²) in [5.74, 6) is -2.06. The molecular weight excluding hydrogens is 397 g/mol. The molecule has 8 heteroatoms. The van der Waals surface area contributed by atoms with Crippen LogP contribution < -0.4 is 14.1 Å². The van der Waals surface area contributed by atoms with E-state index >= 15 is 0 Å². The molecule has 0 unspecified atom stereocenters. The second-order valence-electron chi connectivity index (χ2n) is 6.03. The Morgan fingerprint density at radius 1 is 0.759 bits per heavy atom. The lowest BCUT2D eigenvalue weighted by Gasteiger charge is -2.22. The van der Waals surface area contributed by atoms with E-state index < -0.39 is 19.4 Å². The van der Waals surface area contributed by atoms with Gasteiger partial charge in [-0.2, -0.15) is 0 Å². The van der Waals surface area contributed by atoms with E-state index in [0.29, 0.717) is 11.2 Å². The van der Waals surface area contributed by atoms with Crippen LogP contribution in [0.3, 0.4) is 0 Å². The molecule has 0 saturated heterocycles. The van der Waals surface area contributed by atoms with Crippen LogP contribution in [-0.2, 0) is 4.57 Å². The van der Waals surface area contributed by atoms with Gasteiger partial charge in [0.25, 0.3) is 0 Å². The highest BCUT2D eigenvalue weighted by molar-refractivity contribution is 7.56. The van der Waals surface area contributed by atoms with Crippen molar-refractivity contribution in [3.8, 4) is 11.5 Å². The average Bonchev–Trinajstić information content (AvgIpc) is 2.72. The van der Waals surface area contributed by atoms with Gasteiger partial charge in [0.15, 0.2) is 23.1 Å². The summed E-state index contributed by atoms with van der Waals surface area (Å²) in [6, 6.07) is 19.6. The van der Waals surface area contributed by atoms with Gasteiger partial charge in [0.2, 0.25) is 0 Å². The van der Waals surface area contributed by atoms with Crippen molar-refractivity contribution in [2.24, 2.45) is 0 Å². The van der Waals surface area contributed by atoms with Gasteiger partial charge in [0.1, 0.15) is 0 Å². The highest BCUT2D eigenvalue weighted by Crippen LogP contribution is 2.50. The Labute approximate surface area is 165 Å². The van der Waals surface area contributed by atoms with Crippen LogP contribution in [0.25, 0.3) is 10.9 Å². The number of nitrogens with one attached hydrogen (secondary N) is 1. The lowest BCUT2D eigenvalue weighted by atomic mass is 10.2. The van der Waals surface area contributed by atoms with Crippen molar-refractivity contribution in [2.45, 2.75) is 0 Å². The number of nitrogens with zero attached hydrogens (tertiary/aromatic N) is 1. The zero-order chi connectivity index (χ0) is 20.3. The fourth-order valence-electron chi connectivity index (χ4n) is 2.70. The lowest BCUT2D eigenvalue weighted by Crippen LogP contribution is -2.11. The normalized spacial score (nSPS) is 11.2. The number of pyridine rings is 1. The van der Waals surface area contributed by atoms with E-state index in [-0.39, 0.29) is 11.5 Å². The predicted octanol–water partition coefficient (Wildman–Crippen LogP) is 6.19. The summed E-state index contributed by atoms with van der Waals surface area (Å²) in [6.45, 7) is 0. The minimum atomic E-state index is -4.31. The minimum Gasteiger partial charge on any atom is -0.397 e. The molecule has 0 spiro atoms. The van der Waals surface area contributed by atoms with Crippen LogP contribution in [0.2, 0.25) is 0 Å². The van der Waals surface area contributed by atoms with E-state index in [9.17, 15) is 13.3 Å². The molecule has 29 heavy (non-hydrogen) atoms. The molecule has 0 aliphatic rings. The first-order chi connectivity index (χ1) is 14.0. The number of aromatic nitrogens is 1. The molecule has 1 heterocycles. The Bertz CT molecular complexity index is 1160. The number of fused-ring (bicyclic) bond motifs is 1.